The van der Waals surface area contributed by atoms with Crippen molar-refractivity contribution in [1.29, 1.82) is 0 Å². The van der Waals surface area contributed by atoms with E-state index < -0.39 is 5.82 Å². The Hall–Kier alpha value is -3.01. The van der Waals surface area contributed by atoms with Gasteiger partial charge in [0.25, 0.3) is 5.91 Å². The van der Waals surface area contributed by atoms with Gasteiger partial charge in [0.1, 0.15) is 5.82 Å². The number of nitrogens with zero attached hydrogens (tertiary/aromatic N) is 6. The molecule has 1 saturated carbocycles. The van der Waals surface area contributed by atoms with Crippen molar-refractivity contribution in [1.82, 2.24) is 29.2 Å². The molecule has 8 nitrogen and oxygen atoms in total. The monoisotopic (exact) mass is 676 g/mol. The molecule has 3 saturated heterocycles. The summed E-state index contributed by atoms with van der Waals surface area (Å²) in [4.78, 5) is 38.8. The molecule has 3 atom stereocenters. The van der Waals surface area contributed by atoms with Crippen LogP contribution in [0.3, 0.4) is 0 Å². The minimum Gasteiger partial charge on any atom is -0.342 e. The Bertz CT molecular complexity index is 1680. The zero-order valence-corrected chi connectivity index (χ0v) is 30.0. The summed E-state index contributed by atoms with van der Waals surface area (Å²) >= 11 is 6.79. The maximum absolute atomic E-state index is 14.5. The van der Waals surface area contributed by atoms with Crippen molar-refractivity contribution in [3.05, 3.63) is 58.8 Å². The molecule has 0 N–H and O–H groups in total. The number of rotatable bonds is 9. The van der Waals surface area contributed by atoms with Crippen molar-refractivity contribution in [3.63, 3.8) is 0 Å². The van der Waals surface area contributed by atoms with Crippen LogP contribution in [0.1, 0.15) is 63.4 Å². The summed E-state index contributed by atoms with van der Waals surface area (Å²) in [6.45, 7) is 16.7. The minimum absolute atomic E-state index is 0.0243. The minimum atomic E-state index is -0.442. The lowest BCUT2D eigenvalue weighted by atomic mass is 9.70. The fourth-order valence-corrected chi connectivity index (χ4v) is 9.51. The first-order valence-electron chi connectivity index (χ1n) is 17.8. The Morgan fingerprint density at radius 1 is 1.02 bits per heavy atom. The van der Waals surface area contributed by atoms with E-state index in [2.05, 4.69) is 34.8 Å². The molecule has 1 unspecified atom stereocenters. The van der Waals surface area contributed by atoms with Gasteiger partial charge < -0.3 is 14.4 Å². The molecule has 10 heteroatoms. The lowest BCUT2D eigenvalue weighted by Gasteiger charge is -2.54. The molecule has 1 aliphatic carbocycles. The number of carbonyl (C=O) groups is 2. The molecule has 4 fully saturated rings. The van der Waals surface area contributed by atoms with Crippen molar-refractivity contribution in [2.75, 3.05) is 46.3 Å². The number of aromatic nitrogens is 2. The quantitative estimate of drug-likeness (QED) is 0.279. The summed E-state index contributed by atoms with van der Waals surface area (Å²) in [6, 6.07) is 5.67. The standard InChI is InChI=1S/C38H50ClFN6O2/c1-22(2)37(26-10-31(11-26)44-19-28-17-43(24(5)47)18-29(28)20-44)45-15-25(16-45)9-27-21-46(35-14-41-13-33(39)36(27)35)34-8-7-30(40)12-32(34)38(48)42(6)23(3)4/h7-8,12-14,21-23,25-26,28-29,31,37H,9-11,15-20H2,1-6H3/t26-,28-,29?,31+,37+/m1/s1. The van der Waals surface area contributed by atoms with E-state index in [1.807, 2.05) is 23.3 Å². The van der Waals surface area contributed by atoms with E-state index in [9.17, 15) is 14.0 Å². The third-order valence-electron chi connectivity index (χ3n) is 12.0. The Balaban J connectivity index is 1.03. The topological polar surface area (TPSA) is 64.9 Å². The number of likely N-dealkylation sites (tertiary alicyclic amines) is 3. The second-order valence-electron chi connectivity index (χ2n) is 15.8. The average Bonchev–Trinajstić information content (AvgIpc) is 3.68. The maximum Gasteiger partial charge on any atom is 0.256 e. The summed E-state index contributed by atoms with van der Waals surface area (Å²) in [6.07, 6.45) is 8.99. The van der Waals surface area contributed by atoms with Gasteiger partial charge in [-0.15, -0.1) is 0 Å². The second-order valence-corrected chi connectivity index (χ2v) is 16.2. The van der Waals surface area contributed by atoms with Gasteiger partial charge in [0.15, 0.2) is 0 Å². The van der Waals surface area contributed by atoms with Gasteiger partial charge in [0.05, 0.1) is 28.0 Å². The molecule has 3 aromatic rings. The normalized spacial score (nSPS) is 25.5. The first-order chi connectivity index (χ1) is 22.9. The number of pyridine rings is 1. The number of hydrogen-bond acceptors (Lipinski definition) is 5. The Morgan fingerprint density at radius 3 is 2.33 bits per heavy atom. The van der Waals surface area contributed by atoms with Crippen molar-refractivity contribution in [3.8, 4) is 5.69 Å². The molecule has 4 aliphatic rings. The van der Waals surface area contributed by atoms with Crippen LogP contribution in [0.15, 0.2) is 36.8 Å². The second kappa shape index (κ2) is 13.0. The average molecular weight is 677 g/mol. The van der Waals surface area contributed by atoms with Gasteiger partial charge in [-0.25, -0.2) is 4.39 Å². The molecule has 2 amide bonds. The SMILES string of the molecule is CC(=O)N1CC2CN([C@H]3C[C@@H]([C@H](C(C)C)N4CC(Cc5cn(-c6ccc(F)cc6C(=O)N(C)C(C)C)c6cncc(Cl)c56)C4)C3)C[C@H]2C1. The first kappa shape index (κ1) is 33.5. The van der Waals surface area contributed by atoms with Gasteiger partial charge in [-0.1, -0.05) is 25.4 Å². The van der Waals surface area contributed by atoms with Crippen LogP contribution in [0.25, 0.3) is 16.6 Å². The zero-order chi connectivity index (χ0) is 34.0. The number of amides is 2. The van der Waals surface area contributed by atoms with Crippen LogP contribution in [0.2, 0.25) is 5.02 Å². The van der Waals surface area contributed by atoms with Crippen LogP contribution in [-0.2, 0) is 11.2 Å². The summed E-state index contributed by atoms with van der Waals surface area (Å²) in [5.74, 6) is 2.69. The van der Waals surface area contributed by atoms with Gasteiger partial charge in [0.2, 0.25) is 5.91 Å². The Morgan fingerprint density at radius 2 is 1.71 bits per heavy atom. The van der Waals surface area contributed by atoms with Crippen molar-refractivity contribution in [2.24, 2.45) is 29.6 Å². The fraction of sp³-hybridized carbons (Fsp3) is 0.605. The number of carbonyl (C=O) groups excluding carboxylic acids is 2. The Kier molecular flexibility index (Phi) is 9.09. The van der Waals surface area contributed by atoms with Gasteiger partial charge >= 0.3 is 0 Å². The predicted molar refractivity (Wildman–Crippen MR) is 188 cm³/mol. The number of hydrogen-bond donors (Lipinski definition) is 0. The fourth-order valence-electron chi connectivity index (χ4n) is 9.23. The third kappa shape index (κ3) is 6.04. The highest BCUT2D eigenvalue weighted by Crippen LogP contribution is 2.44. The Labute approximate surface area is 289 Å². The molecule has 7 rings (SSSR count). The van der Waals surface area contributed by atoms with Gasteiger partial charge in [-0.2, -0.15) is 0 Å². The molecule has 48 heavy (non-hydrogen) atoms. The van der Waals surface area contributed by atoms with E-state index in [-0.39, 0.29) is 17.9 Å². The molecular formula is C38H50ClFN6O2. The third-order valence-corrected chi connectivity index (χ3v) is 12.3. The summed E-state index contributed by atoms with van der Waals surface area (Å²) in [5.41, 5.74) is 2.90. The highest BCUT2D eigenvalue weighted by Gasteiger charge is 2.49. The van der Waals surface area contributed by atoms with Crippen LogP contribution < -0.4 is 0 Å². The van der Waals surface area contributed by atoms with E-state index in [0.29, 0.717) is 52.0 Å². The van der Waals surface area contributed by atoms with Gasteiger partial charge in [-0.05, 0) is 86.5 Å². The van der Waals surface area contributed by atoms with E-state index >= 15 is 0 Å². The molecule has 0 radical (unpaired) electrons. The van der Waals surface area contributed by atoms with Crippen molar-refractivity contribution >= 4 is 34.3 Å². The number of halogens is 2. The highest BCUT2D eigenvalue weighted by atomic mass is 35.5. The van der Waals surface area contributed by atoms with Gasteiger partial charge in [-0.3, -0.25) is 24.4 Å². The van der Waals surface area contributed by atoms with Crippen molar-refractivity contribution in [2.45, 2.75) is 72.0 Å². The molecular weight excluding hydrogens is 627 g/mol. The number of benzene rings is 1. The van der Waals surface area contributed by atoms with E-state index in [1.165, 1.54) is 25.0 Å². The molecule has 0 bridgehead atoms. The van der Waals surface area contributed by atoms with Crippen LogP contribution >= 0.6 is 11.6 Å². The van der Waals surface area contributed by atoms with Crippen molar-refractivity contribution < 1.29 is 14.0 Å². The lowest BCUT2D eigenvalue weighted by Crippen LogP contribution is -2.60. The van der Waals surface area contributed by atoms with E-state index in [4.69, 9.17) is 11.6 Å². The largest absolute Gasteiger partial charge is 0.342 e. The zero-order valence-electron chi connectivity index (χ0n) is 29.2. The first-order valence-corrected chi connectivity index (χ1v) is 18.2. The van der Waals surface area contributed by atoms with Crippen LogP contribution in [-0.4, -0.2) is 105 Å². The highest BCUT2D eigenvalue weighted by molar-refractivity contribution is 6.35. The molecule has 3 aliphatic heterocycles. The smallest absolute Gasteiger partial charge is 0.256 e. The van der Waals surface area contributed by atoms with E-state index in [1.54, 1.807) is 37.3 Å². The predicted octanol–water partition coefficient (Wildman–Crippen LogP) is 5.99. The maximum atomic E-state index is 14.5. The van der Waals surface area contributed by atoms with E-state index in [0.717, 1.165) is 68.1 Å². The van der Waals surface area contributed by atoms with Crippen LogP contribution in [0.5, 0.6) is 0 Å². The summed E-state index contributed by atoms with van der Waals surface area (Å²) in [5, 5.41) is 1.54. The van der Waals surface area contributed by atoms with Gasteiger partial charge in [0, 0.05) is 89.1 Å². The number of fused-ring (bicyclic) bond motifs is 2. The van der Waals surface area contributed by atoms with Crippen LogP contribution in [0.4, 0.5) is 4.39 Å². The van der Waals surface area contributed by atoms with Crippen LogP contribution in [0, 0.1) is 35.4 Å². The molecule has 0 spiro atoms. The summed E-state index contributed by atoms with van der Waals surface area (Å²) < 4.78 is 16.5. The lowest BCUT2D eigenvalue weighted by molar-refractivity contribution is -0.128. The molecule has 258 valence electrons. The molecule has 1 aromatic carbocycles. The summed E-state index contributed by atoms with van der Waals surface area (Å²) in [7, 11) is 1.75. The molecule has 2 aromatic heterocycles. The molecule has 5 heterocycles.